The lowest BCUT2D eigenvalue weighted by Gasteiger charge is -2.10. The van der Waals surface area contributed by atoms with E-state index in [0.717, 1.165) is 0 Å². The molecule has 20 heavy (non-hydrogen) atoms. The average Bonchev–Trinajstić information content (AvgIpc) is 2.38. The highest BCUT2D eigenvalue weighted by molar-refractivity contribution is 6.33. The predicted molar refractivity (Wildman–Crippen MR) is 73.0 cm³/mol. The molecule has 0 unspecified atom stereocenters. The van der Waals surface area contributed by atoms with Gasteiger partial charge in [0.2, 0.25) is 0 Å². The molecular formula is C13H7ClN4O2. The van der Waals surface area contributed by atoms with Gasteiger partial charge in [0.15, 0.2) is 0 Å². The molecule has 0 fully saturated rings. The SMILES string of the molecule is N#Cc1c(N)[nH]c(=O)c(C#N)c1-c1ccc(O)cc1Cl. The van der Waals surface area contributed by atoms with Crippen LogP contribution in [-0.4, -0.2) is 10.1 Å². The van der Waals surface area contributed by atoms with Crippen LogP contribution in [0.1, 0.15) is 11.1 Å². The molecule has 4 N–H and O–H groups in total. The number of nitrogens with two attached hydrogens (primary N) is 1. The molecule has 2 rings (SSSR count). The molecule has 0 spiro atoms. The maximum absolute atomic E-state index is 11.8. The summed E-state index contributed by atoms with van der Waals surface area (Å²) in [5, 5.41) is 27.7. The van der Waals surface area contributed by atoms with Crippen LogP contribution in [0.3, 0.4) is 0 Å². The summed E-state index contributed by atoms with van der Waals surface area (Å²) < 4.78 is 0. The second kappa shape index (κ2) is 4.96. The molecule has 0 amide bonds. The second-order valence-electron chi connectivity index (χ2n) is 3.88. The van der Waals surface area contributed by atoms with Gasteiger partial charge in [0, 0.05) is 11.1 Å². The van der Waals surface area contributed by atoms with Gasteiger partial charge in [-0.25, -0.2) is 0 Å². The Hall–Kier alpha value is -2.96. The number of H-pyrrole nitrogens is 1. The third-order valence-corrected chi connectivity index (χ3v) is 3.00. The van der Waals surface area contributed by atoms with Crippen molar-refractivity contribution in [2.24, 2.45) is 0 Å². The maximum Gasteiger partial charge on any atom is 0.268 e. The van der Waals surface area contributed by atoms with Gasteiger partial charge in [-0.05, 0) is 18.2 Å². The van der Waals surface area contributed by atoms with Crippen molar-refractivity contribution in [3.63, 3.8) is 0 Å². The standard InChI is InChI=1S/C13H7ClN4O2/c14-10-3-6(19)1-2-7(10)11-8(4-15)12(17)18-13(20)9(11)5-16/h1-3,19H,(H3,17,18,20). The van der Waals surface area contributed by atoms with Crippen LogP contribution < -0.4 is 11.3 Å². The summed E-state index contributed by atoms with van der Waals surface area (Å²) in [6.45, 7) is 0. The van der Waals surface area contributed by atoms with E-state index >= 15 is 0 Å². The fourth-order valence-corrected chi connectivity index (χ4v) is 2.09. The molecule has 0 radical (unpaired) electrons. The lowest BCUT2D eigenvalue weighted by atomic mass is 9.96. The van der Waals surface area contributed by atoms with Gasteiger partial charge in [0.1, 0.15) is 34.8 Å². The van der Waals surface area contributed by atoms with Crippen molar-refractivity contribution in [1.29, 1.82) is 10.5 Å². The molecular weight excluding hydrogens is 280 g/mol. The van der Waals surface area contributed by atoms with E-state index in [1.807, 2.05) is 6.07 Å². The molecule has 1 aromatic heterocycles. The Balaban J connectivity index is 2.97. The van der Waals surface area contributed by atoms with E-state index in [9.17, 15) is 9.90 Å². The van der Waals surface area contributed by atoms with Crippen molar-refractivity contribution in [2.75, 3.05) is 5.73 Å². The highest BCUT2D eigenvalue weighted by Crippen LogP contribution is 2.35. The molecule has 0 saturated carbocycles. The quantitative estimate of drug-likeness (QED) is 0.735. The number of aromatic amines is 1. The van der Waals surface area contributed by atoms with Gasteiger partial charge in [-0.3, -0.25) is 4.79 Å². The van der Waals surface area contributed by atoms with Gasteiger partial charge in [0.05, 0.1) is 5.02 Å². The number of halogens is 1. The summed E-state index contributed by atoms with van der Waals surface area (Å²) in [7, 11) is 0. The van der Waals surface area contributed by atoms with Crippen LogP contribution in [0.25, 0.3) is 11.1 Å². The average molecular weight is 287 g/mol. The second-order valence-corrected chi connectivity index (χ2v) is 4.29. The number of aromatic nitrogens is 1. The molecule has 1 heterocycles. The first kappa shape index (κ1) is 13.5. The number of hydrogen-bond donors (Lipinski definition) is 3. The Morgan fingerprint density at radius 3 is 2.45 bits per heavy atom. The number of nitrogens with one attached hydrogen (secondary N) is 1. The number of phenolic OH excluding ortho intramolecular Hbond substituents is 1. The zero-order chi connectivity index (χ0) is 14.9. The summed E-state index contributed by atoms with van der Waals surface area (Å²) in [5.41, 5.74) is 4.91. The number of nitrogen functional groups attached to an aromatic ring is 1. The number of phenols is 1. The zero-order valence-corrected chi connectivity index (χ0v) is 10.7. The minimum Gasteiger partial charge on any atom is -0.508 e. The van der Waals surface area contributed by atoms with Crippen molar-refractivity contribution in [3.05, 3.63) is 44.7 Å². The zero-order valence-electron chi connectivity index (χ0n) is 9.94. The first-order valence-electron chi connectivity index (χ1n) is 5.34. The van der Waals surface area contributed by atoms with E-state index in [2.05, 4.69) is 4.98 Å². The van der Waals surface area contributed by atoms with E-state index in [1.165, 1.54) is 18.2 Å². The monoisotopic (exact) mass is 286 g/mol. The van der Waals surface area contributed by atoms with E-state index in [-0.39, 0.29) is 38.8 Å². The lowest BCUT2D eigenvalue weighted by molar-refractivity contribution is 0.475. The maximum atomic E-state index is 11.8. The number of nitrogens with zero attached hydrogens (tertiary/aromatic N) is 2. The van der Waals surface area contributed by atoms with Crippen LogP contribution in [0.5, 0.6) is 5.75 Å². The largest absolute Gasteiger partial charge is 0.508 e. The predicted octanol–water partition coefficient (Wildman–Crippen LogP) is 1.73. The third-order valence-electron chi connectivity index (χ3n) is 2.69. The molecule has 98 valence electrons. The van der Waals surface area contributed by atoms with Crippen LogP contribution in [0.15, 0.2) is 23.0 Å². The molecule has 6 nitrogen and oxygen atoms in total. The summed E-state index contributed by atoms with van der Waals surface area (Å²) in [4.78, 5) is 14.0. The molecule has 7 heteroatoms. The summed E-state index contributed by atoms with van der Waals surface area (Å²) in [6.07, 6.45) is 0. The third kappa shape index (κ3) is 2.05. The van der Waals surface area contributed by atoms with E-state index < -0.39 is 5.56 Å². The summed E-state index contributed by atoms with van der Waals surface area (Å²) in [5.74, 6) is -0.218. The van der Waals surface area contributed by atoms with Crippen molar-refractivity contribution in [2.45, 2.75) is 0 Å². The minimum atomic E-state index is -0.705. The van der Waals surface area contributed by atoms with Crippen molar-refractivity contribution < 1.29 is 5.11 Å². The number of anilines is 1. The molecule has 0 aliphatic rings. The molecule has 0 aliphatic carbocycles. The van der Waals surface area contributed by atoms with Crippen LogP contribution in [0.4, 0.5) is 5.82 Å². The normalized spacial score (nSPS) is 9.75. The van der Waals surface area contributed by atoms with Crippen LogP contribution in [-0.2, 0) is 0 Å². The Kier molecular flexibility index (Phi) is 3.34. The number of rotatable bonds is 1. The molecule has 0 aliphatic heterocycles. The molecule has 0 saturated heterocycles. The smallest absolute Gasteiger partial charge is 0.268 e. The Labute approximate surface area is 118 Å². The van der Waals surface area contributed by atoms with E-state index in [1.54, 1.807) is 6.07 Å². The first-order valence-corrected chi connectivity index (χ1v) is 5.72. The van der Waals surface area contributed by atoms with Gasteiger partial charge in [-0.2, -0.15) is 10.5 Å². The Morgan fingerprint density at radius 2 is 1.90 bits per heavy atom. The van der Waals surface area contributed by atoms with Crippen molar-refractivity contribution in [1.82, 2.24) is 4.98 Å². The Morgan fingerprint density at radius 1 is 1.25 bits per heavy atom. The molecule has 1 aromatic carbocycles. The van der Waals surface area contributed by atoms with Crippen molar-refractivity contribution >= 4 is 17.4 Å². The first-order chi connectivity index (χ1) is 9.49. The lowest BCUT2D eigenvalue weighted by Crippen LogP contribution is -2.16. The molecule has 0 atom stereocenters. The topological polar surface area (TPSA) is 127 Å². The number of aromatic hydroxyl groups is 1. The van der Waals surface area contributed by atoms with Gasteiger partial charge >= 0.3 is 0 Å². The van der Waals surface area contributed by atoms with Crippen LogP contribution in [0, 0.1) is 22.7 Å². The highest BCUT2D eigenvalue weighted by Gasteiger charge is 2.20. The Bertz CT molecular complexity index is 843. The fraction of sp³-hybridized carbons (Fsp3) is 0. The minimum absolute atomic E-state index is 0.0475. The van der Waals surface area contributed by atoms with Crippen molar-refractivity contribution in [3.8, 4) is 29.0 Å². The fourth-order valence-electron chi connectivity index (χ4n) is 1.82. The van der Waals surface area contributed by atoms with E-state index in [0.29, 0.717) is 0 Å². The van der Waals surface area contributed by atoms with Gasteiger partial charge in [-0.15, -0.1) is 0 Å². The summed E-state index contributed by atoms with van der Waals surface area (Å²) in [6, 6.07) is 7.56. The van der Waals surface area contributed by atoms with Crippen LogP contribution in [0.2, 0.25) is 5.02 Å². The highest BCUT2D eigenvalue weighted by atomic mass is 35.5. The van der Waals surface area contributed by atoms with Gasteiger partial charge in [0.25, 0.3) is 5.56 Å². The summed E-state index contributed by atoms with van der Waals surface area (Å²) >= 11 is 5.99. The van der Waals surface area contributed by atoms with E-state index in [4.69, 9.17) is 27.9 Å². The van der Waals surface area contributed by atoms with Gasteiger partial charge in [-0.1, -0.05) is 11.6 Å². The number of nitriles is 2. The number of pyridine rings is 1. The molecule has 2 aromatic rings. The number of benzene rings is 1. The van der Waals surface area contributed by atoms with Gasteiger partial charge < -0.3 is 15.8 Å². The van der Waals surface area contributed by atoms with Crippen LogP contribution >= 0.6 is 11.6 Å². The number of hydrogen-bond acceptors (Lipinski definition) is 5. The molecule has 0 bridgehead atoms.